The minimum atomic E-state index is -0.185. The van der Waals surface area contributed by atoms with Gasteiger partial charge in [-0.2, -0.15) is 0 Å². The Morgan fingerprint density at radius 1 is 0.646 bits per heavy atom. The number of aromatic nitrogens is 2. The molecule has 2 amide bonds. The second-order valence-corrected chi connectivity index (χ2v) is 15.3. The van der Waals surface area contributed by atoms with E-state index in [4.69, 9.17) is 34.6 Å². The van der Waals surface area contributed by atoms with Gasteiger partial charge in [0.15, 0.2) is 0 Å². The molecule has 0 bridgehead atoms. The number of halogens is 1. The van der Waals surface area contributed by atoms with Crippen LogP contribution in [-0.4, -0.2) is 113 Å². The van der Waals surface area contributed by atoms with Crippen LogP contribution >= 0.6 is 11.6 Å². The first-order valence-electron chi connectivity index (χ1n) is 20.1. The van der Waals surface area contributed by atoms with E-state index in [1.807, 2.05) is 69.5 Å². The standard InChI is InChI=1S/C24H25N3O4.C20H16N2O4.C4H10ClN.CH4.B/c1-15-23(24(28)25-2)19-8-6-17(14-22(19)30-15)31-21-9-10-26-20-13-16(5-7-18(20)21)29-12-11-27(3)4;1-11-19(20(24)21-2)15-6-4-13(10-18(15)25-11)26-17-7-8-22-16-9-12(23)3-5-14(16)17;1-6(2)4-3-5;;/h5-10,13-14H,11-12H2,1-4H3,(H,25,28);3-10,23H,1-2H3,(H,21,24);3-4H2,1-2H3;1H4;. The molecule has 16 heteroatoms. The Morgan fingerprint density at radius 3 is 1.54 bits per heavy atom. The number of amides is 2. The van der Waals surface area contributed by atoms with E-state index in [0.717, 1.165) is 51.8 Å². The molecule has 0 saturated heterocycles. The van der Waals surface area contributed by atoms with Crippen LogP contribution in [0.25, 0.3) is 43.7 Å². The van der Waals surface area contributed by atoms with Crippen molar-refractivity contribution < 1.29 is 37.7 Å². The Balaban J connectivity index is 0.000000249. The predicted octanol–water partition coefficient (Wildman–Crippen LogP) is 9.57. The fourth-order valence-electron chi connectivity index (χ4n) is 6.59. The van der Waals surface area contributed by atoms with E-state index < -0.39 is 0 Å². The van der Waals surface area contributed by atoms with E-state index >= 15 is 0 Å². The second kappa shape index (κ2) is 23.2. The number of benzene rings is 4. The van der Waals surface area contributed by atoms with Crippen molar-refractivity contribution in [1.29, 1.82) is 0 Å². The third-order valence-corrected chi connectivity index (χ3v) is 9.91. The maximum absolute atomic E-state index is 12.1. The van der Waals surface area contributed by atoms with Gasteiger partial charge in [0.25, 0.3) is 11.8 Å². The highest BCUT2D eigenvalue weighted by molar-refractivity contribution is 6.18. The Labute approximate surface area is 386 Å². The number of hydrogen-bond acceptors (Lipinski definition) is 12. The molecular formula is C49H55BClN6O8. The molecule has 8 rings (SSSR count). The number of likely N-dealkylation sites (N-methyl/N-ethyl adjacent to an activating group) is 1. The van der Waals surface area contributed by atoms with E-state index in [-0.39, 0.29) is 33.4 Å². The number of fused-ring (bicyclic) bond motifs is 4. The third kappa shape index (κ3) is 12.5. The number of nitrogens with one attached hydrogen (secondary N) is 2. The summed E-state index contributed by atoms with van der Waals surface area (Å²) in [5.41, 5.74) is 3.67. The van der Waals surface area contributed by atoms with E-state index in [9.17, 15) is 14.7 Å². The molecule has 14 nitrogen and oxygen atoms in total. The summed E-state index contributed by atoms with van der Waals surface area (Å²) in [5.74, 6) is 4.91. The highest BCUT2D eigenvalue weighted by Gasteiger charge is 2.19. The van der Waals surface area contributed by atoms with E-state index in [1.54, 1.807) is 88.9 Å². The number of carbonyl (C=O) groups excluding carboxylic acids is 2. The highest BCUT2D eigenvalue weighted by atomic mass is 35.5. The fourth-order valence-corrected chi connectivity index (χ4v) is 6.93. The number of hydrogen-bond donors (Lipinski definition) is 3. The molecule has 0 aliphatic carbocycles. The molecule has 0 fully saturated rings. The monoisotopic (exact) mass is 901 g/mol. The van der Waals surface area contributed by atoms with E-state index in [0.29, 0.717) is 68.9 Å². The number of alkyl halides is 1. The van der Waals surface area contributed by atoms with Gasteiger partial charge in [0, 0.05) is 99.7 Å². The fraction of sp³-hybridized carbons (Fsp3) is 0.265. The number of pyridine rings is 2. The molecule has 4 heterocycles. The highest BCUT2D eigenvalue weighted by Crippen LogP contribution is 2.36. The van der Waals surface area contributed by atoms with Crippen molar-refractivity contribution in [2.75, 3.05) is 67.9 Å². The molecule has 65 heavy (non-hydrogen) atoms. The maximum Gasteiger partial charge on any atom is 0.255 e. The number of phenols is 1. The number of furan rings is 2. The Kier molecular flexibility index (Phi) is 18.2. The summed E-state index contributed by atoms with van der Waals surface area (Å²) < 4.78 is 29.4. The van der Waals surface area contributed by atoms with Crippen molar-refractivity contribution in [3.05, 3.63) is 120 Å². The smallest absolute Gasteiger partial charge is 0.255 e. The Hall–Kier alpha value is -6.81. The topological polar surface area (TPSA) is 165 Å². The molecular weight excluding hydrogens is 847 g/mol. The van der Waals surface area contributed by atoms with Crippen LogP contribution in [-0.2, 0) is 0 Å². The van der Waals surface area contributed by atoms with Crippen molar-refractivity contribution in [3.63, 3.8) is 0 Å². The average molecular weight is 902 g/mol. The molecule has 4 aromatic carbocycles. The molecule has 3 N–H and O–H groups in total. The second-order valence-electron chi connectivity index (χ2n) is 14.9. The first-order valence-corrected chi connectivity index (χ1v) is 20.6. The minimum absolute atomic E-state index is 0. The molecule has 3 radical (unpaired) electrons. The van der Waals surface area contributed by atoms with Gasteiger partial charge in [-0.1, -0.05) is 7.43 Å². The number of phenolic OH excluding ortho intramolecular Hbond substituents is 1. The van der Waals surface area contributed by atoms with E-state index in [2.05, 4.69) is 25.5 Å². The summed E-state index contributed by atoms with van der Waals surface area (Å²) in [7, 11) is 11.2. The molecule has 4 aromatic heterocycles. The van der Waals surface area contributed by atoms with Crippen LogP contribution < -0.4 is 24.8 Å². The zero-order valence-corrected chi connectivity index (χ0v) is 37.9. The summed E-state index contributed by atoms with van der Waals surface area (Å²) in [5, 5.41) is 18.0. The van der Waals surface area contributed by atoms with Gasteiger partial charge in [-0.05, 0) is 103 Å². The van der Waals surface area contributed by atoms with Crippen LogP contribution in [0.2, 0.25) is 0 Å². The van der Waals surface area contributed by atoms with E-state index in [1.165, 1.54) is 0 Å². The van der Waals surface area contributed by atoms with Gasteiger partial charge in [-0.15, -0.1) is 11.6 Å². The lowest BCUT2D eigenvalue weighted by molar-refractivity contribution is 0.0954. The number of ether oxygens (including phenoxy) is 3. The van der Waals surface area contributed by atoms with Gasteiger partial charge in [-0.25, -0.2) is 0 Å². The van der Waals surface area contributed by atoms with Gasteiger partial charge in [0.05, 0.1) is 22.2 Å². The number of rotatable bonds is 12. The number of nitrogens with zero attached hydrogens (tertiary/aromatic N) is 4. The SMILES string of the molecule is C.CN(C)CCCl.CNC(=O)c1c(C)oc2cc(Oc3ccnc4cc(O)ccc34)ccc12.CNC(=O)c1c(C)oc2cc(Oc3ccnc4cc(OCCN(C)C)ccc34)ccc12.[B]. The lowest BCUT2D eigenvalue weighted by atomic mass is 10.1. The molecule has 0 aliphatic rings. The zero-order valence-electron chi connectivity index (χ0n) is 37.1. The van der Waals surface area contributed by atoms with Gasteiger partial charge in [0.1, 0.15) is 63.8 Å². The van der Waals surface area contributed by atoms with Crippen LogP contribution in [0, 0.1) is 13.8 Å². The lowest BCUT2D eigenvalue weighted by Gasteiger charge is -2.12. The molecule has 0 atom stereocenters. The quantitative estimate of drug-likeness (QED) is 0.0787. The van der Waals surface area contributed by atoms with Crippen molar-refractivity contribution in [2.45, 2.75) is 21.3 Å². The van der Waals surface area contributed by atoms with Crippen LogP contribution in [0.3, 0.4) is 0 Å². The maximum atomic E-state index is 12.1. The normalized spacial score (nSPS) is 10.7. The molecule has 0 unspecified atom stereocenters. The summed E-state index contributed by atoms with van der Waals surface area (Å²) in [6.07, 6.45) is 3.33. The Morgan fingerprint density at radius 2 is 1.09 bits per heavy atom. The summed E-state index contributed by atoms with van der Waals surface area (Å²) in [6.45, 7) is 5.95. The molecule has 339 valence electrons. The number of carbonyl (C=O) groups is 2. The molecule has 0 aliphatic heterocycles. The molecule has 0 saturated carbocycles. The van der Waals surface area contributed by atoms with Crippen LogP contribution in [0.15, 0.2) is 106 Å². The summed E-state index contributed by atoms with van der Waals surface area (Å²) >= 11 is 5.35. The summed E-state index contributed by atoms with van der Waals surface area (Å²) in [6, 6.07) is 25.1. The average Bonchev–Trinajstić information content (AvgIpc) is 3.77. The molecule has 0 spiro atoms. The van der Waals surface area contributed by atoms with Crippen molar-refractivity contribution in [3.8, 4) is 34.5 Å². The van der Waals surface area contributed by atoms with Gasteiger partial charge >= 0.3 is 0 Å². The van der Waals surface area contributed by atoms with Crippen LogP contribution in [0.5, 0.6) is 34.5 Å². The number of aryl methyl sites for hydroxylation is 2. The van der Waals surface area contributed by atoms with Crippen molar-refractivity contribution in [1.82, 2.24) is 30.4 Å². The van der Waals surface area contributed by atoms with Crippen molar-refractivity contribution in [2.24, 2.45) is 0 Å². The van der Waals surface area contributed by atoms with Gasteiger partial charge in [-0.3, -0.25) is 19.6 Å². The van der Waals surface area contributed by atoms with Crippen LogP contribution in [0.4, 0.5) is 0 Å². The first-order chi connectivity index (χ1) is 30.3. The van der Waals surface area contributed by atoms with Crippen molar-refractivity contribution >= 4 is 75.6 Å². The minimum Gasteiger partial charge on any atom is -0.508 e. The number of aromatic hydroxyl groups is 1. The Bertz CT molecular complexity index is 2880. The third-order valence-electron chi connectivity index (χ3n) is 9.74. The van der Waals surface area contributed by atoms with Crippen LogP contribution in [0.1, 0.15) is 39.7 Å². The predicted molar refractivity (Wildman–Crippen MR) is 260 cm³/mol. The first kappa shape index (κ1) is 50.8. The largest absolute Gasteiger partial charge is 0.508 e. The molecule has 8 aromatic rings. The van der Waals surface area contributed by atoms with Gasteiger partial charge < -0.3 is 48.6 Å². The zero-order chi connectivity index (χ0) is 45.2. The lowest BCUT2D eigenvalue weighted by Crippen LogP contribution is -2.19. The van der Waals surface area contributed by atoms with Gasteiger partial charge in [0.2, 0.25) is 0 Å². The summed E-state index contributed by atoms with van der Waals surface area (Å²) in [4.78, 5) is 37.0.